The lowest BCUT2D eigenvalue weighted by molar-refractivity contribution is 0.0966. The van der Waals surface area contributed by atoms with E-state index in [0.717, 1.165) is 39.1 Å². The van der Waals surface area contributed by atoms with Crippen molar-refractivity contribution < 1.29 is 5.11 Å². The molecule has 1 aliphatic rings. The summed E-state index contributed by atoms with van der Waals surface area (Å²) in [6.45, 7) is 10.2. The van der Waals surface area contributed by atoms with Crippen molar-refractivity contribution in [3.8, 4) is 0 Å². The van der Waals surface area contributed by atoms with Gasteiger partial charge >= 0.3 is 0 Å². The Balaban J connectivity index is 2.15. The zero-order valence-electron chi connectivity index (χ0n) is 8.83. The monoisotopic (exact) mass is 185 g/mol. The van der Waals surface area contributed by atoms with Crippen molar-refractivity contribution in [1.82, 2.24) is 9.80 Å². The average Bonchev–Trinajstić information content (AvgIpc) is 2.15. The summed E-state index contributed by atoms with van der Waals surface area (Å²) in [6, 6.07) is 0.668. The van der Waals surface area contributed by atoms with Crippen molar-refractivity contribution in [3.63, 3.8) is 0 Å². The second-order valence-corrected chi connectivity index (χ2v) is 4.03. The molecule has 77 valence electrons. The number of hydrogen-bond donors (Lipinski definition) is 0. The van der Waals surface area contributed by atoms with E-state index in [4.69, 9.17) is 0 Å². The third kappa shape index (κ3) is 3.63. The number of hydrogen-bond acceptors (Lipinski definition) is 2. The summed E-state index contributed by atoms with van der Waals surface area (Å²) in [7, 11) is 0. The fraction of sp³-hybridized carbons (Fsp3) is 1.00. The molecule has 0 aromatic carbocycles. The van der Waals surface area contributed by atoms with Crippen LogP contribution in [0.25, 0.3) is 0 Å². The Morgan fingerprint density at radius 3 is 2.23 bits per heavy atom. The molecule has 0 spiro atoms. The molecule has 0 N–H and O–H groups in total. The maximum atomic E-state index is 10.3. The van der Waals surface area contributed by atoms with Crippen molar-refractivity contribution in [2.45, 2.75) is 26.3 Å². The van der Waals surface area contributed by atoms with Crippen LogP contribution in [0.5, 0.6) is 0 Å². The molecule has 1 fully saturated rings. The third-order valence-electron chi connectivity index (χ3n) is 2.76. The first kappa shape index (κ1) is 11.0. The second kappa shape index (κ2) is 5.58. The lowest BCUT2D eigenvalue weighted by Crippen LogP contribution is -2.49. The largest absolute Gasteiger partial charge is 0.301 e. The predicted molar refractivity (Wildman–Crippen MR) is 53.3 cm³/mol. The van der Waals surface area contributed by atoms with E-state index < -0.39 is 0 Å². The normalized spacial score (nSPS) is 21.2. The van der Waals surface area contributed by atoms with Gasteiger partial charge in [0.15, 0.2) is 0 Å². The van der Waals surface area contributed by atoms with Crippen molar-refractivity contribution in [3.05, 3.63) is 0 Å². The first-order valence-electron chi connectivity index (χ1n) is 5.28. The molecule has 1 heterocycles. The van der Waals surface area contributed by atoms with Gasteiger partial charge in [-0.05, 0) is 20.3 Å². The van der Waals surface area contributed by atoms with Crippen molar-refractivity contribution in [2.75, 3.05) is 39.3 Å². The van der Waals surface area contributed by atoms with Crippen LogP contribution >= 0.6 is 0 Å². The van der Waals surface area contributed by atoms with Crippen LogP contribution in [-0.4, -0.2) is 55.2 Å². The SMILES string of the molecule is CC(C)N1CCN(CCC[O])CC1. The summed E-state index contributed by atoms with van der Waals surface area (Å²) in [6.07, 6.45) is 0.807. The summed E-state index contributed by atoms with van der Waals surface area (Å²) in [5.74, 6) is 0. The standard InChI is InChI=1S/C10H21N2O/c1-10(2)12-7-5-11(6-8-12)4-3-9-13/h10H,3-9H2,1-2H3. The smallest absolute Gasteiger partial charge is 0.0834 e. The topological polar surface area (TPSA) is 26.4 Å². The van der Waals surface area contributed by atoms with Crippen molar-refractivity contribution in [2.24, 2.45) is 0 Å². The molecule has 3 heteroatoms. The molecule has 1 aliphatic heterocycles. The van der Waals surface area contributed by atoms with E-state index in [2.05, 4.69) is 23.6 Å². The minimum Gasteiger partial charge on any atom is -0.301 e. The Morgan fingerprint density at radius 2 is 1.77 bits per heavy atom. The van der Waals surface area contributed by atoms with E-state index in [-0.39, 0.29) is 6.61 Å². The summed E-state index contributed by atoms with van der Waals surface area (Å²) in [4.78, 5) is 4.89. The Kier molecular flexibility index (Phi) is 4.70. The molecule has 0 aromatic rings. The van der Waals surface area contributed by atoms with E-state index >= 15 is 0 Å². The molecule has 3 nitrogen and oxygen atoms in total. The van der Waals surface area contributed by atoms with Gasteiger partial charge in [0, 0.05) is 38.8 Å². The van der Waals surface area contributed by atoms with Gasteiger partial charge < -0.3 is 4.90 Å². The third-order valence-corrected chi connectivity index (χ3v) is 2.76. The summed E-state index contributed by atoms with van der Waals surface area (Å²) >= 11 is 0. The van der Waals surface area contributed by atoms with Crippen LogP contribution in [0.2, 0.25) is 0 Å². The maximum Gasteiger partial charge on any atom is 0.0834 e. The highest BCUT2D eigenvalue weighted by Crippen LogP contribution is 2.05. The highest BCUT2D eigenvalue weighted by Gasteiger charge is 2.17. The van der Waals surface area contributed by atoms with Crippen molar-refractivity contribution >= 4 is 0 Å². The molecule has 0 aliphatic carbocycles. The molecule has 1 saturated heterocycles. The number of piperazine rings is 1. The van der Waals surface area contributed by atoms with E-state index in [1.165, 1.54) is 0 Å². The molecule has 13 heavy (non-hydrogen) atoms. The highest BCUT2D eigenvalue weighted by molar-refractivity contribution is 4.73. The first-order valence-corrected chi connectivity index (χ1v) is 5.28. The zero-order chi connectivity index (χ0) is 9.68. The summed E-state index contributed by atoms with van der Waals surface area (Å²) in [5.41, 5.74) is 0. The van der Waals surface area contributed by atoms with Crippen LogP contribution in [0, 0.1) is 0 Å². The summed E-state index contributed by atoms with van der Waals surface area (Å²) in [5, 5.41) is 10.3. The lowest BCUT2D eigenvalue weighted by Gasteiger charge is -2.36. The highest BCUT2D eigenvalue weighted by atomic mass is 16.3. The van der Waals surface area contributed by atoms with Crippen LogP contribution in [0.3, 0.4) is 0 Å². The van der Waals surface area contributed by atoms with Gasteiger partial charge in [-0.25, -0.2) is 5.11 Å². The van der Waals surface area contributed by atoms with Crippen LogP contribution in [0.15, 0.2) is 0 Å². The maximum absolute atomic E-state index is 10.3. The second-order valence-electron chi connectivity index (χ2n) is 4.03. The van der Waals surface area contributed by atoms with E-state index in [1.54, 1.807) is 0 Å². The summed E-state index contributed by atoms with van der Waals surface area (Å²) < 4.78 is 0. The minimum absolute atomic E-state index is 0.0738. The molecule has 1 rings (SSSR count). The minimum atomic E-state index is 0.0738. The fourth-order valence-corrected chi connectivity index (χ4v) is 1.79. The molecular weight excluding hydrogens is 164 g/mol. The van der Waals surface area contributed by atoms with Gasteiger partial charge in [0.05, 0.1) is 6.61 Å². The van der Waals surface area contributed by atoms with Crippen LogP contribution in [0.4, 0.5) is 0 Å². The predicted octanol–water partition coefficient (Wildman–Crippen LogP) is 0.833. The van der Waals surface area contributed by atoms with Crippen LogP contribution in [0.1, 0.15) is 20.3 Å². The van der Waals surface area contributed by atoms with Gasteiger partial charge in [0.1, 0.15) is 0 Å². The quantitative estimate of drug-likeness (QED) is 0.648. The Hall–Kier alpha value is -0.120. The molecule has 0 saturated carbocycles. The number of rotatable bonds is 4. The lowest BCUT2D eigenvalue weighted by atomic mass is 10.2. The van der Waals surface area contributed by atoms with Crippen LogP contribution < -0.4 is 0 Å². The molecule has 0 atom stereocenters. The first-order chi connectivity index (χ1) is 6.24. The Morgan fingerprint density at radius 1 is 1.15 bits per heavy atom. The van der Waals surface area contributed by atoms with Gasteiger partial charge in [0.25, 0.3) is 0 Å². The van der Waals surface area contributed by atoms with Gasteiger partial charge in [-0.2, -0.15) is 0 Å². The fourth-order valence-electron chi connectivity index (χ4n) is 1.79. The molecule has 1 radical (unpaired) electrons. The Labute approximate surface area is 81.3 Å². The number of nitrogens with zero attached hydrogens (tertiary/aromatic N) is 2. The molecule has 0 amide bonds. The van der Waals surface area contributed by atoms with Gasteiger partial charge in [0.2, 0.25) is 0 Å². The van der Waals surface area contributed by atoms with Gasteiger partial charge in [-0.3, -0.25) is 4.90 Å². The van der Waals surface area contributed by atoms with E-state index in [0.29, 0.717) is 6.04 Å². The molecule has 0 bridgehead atoms. The van der Waals surface area contributed by atoms with Crippen molar-refractivity contribution in [1.29, 1.82) is 0 Å². The molecule has 0 unspecified atom stereocenters. The zero-order valence-corrected chi connectivity index (χ0v) is 8.83. The average molecular weight is 185 g/mol. The van der Waals surface area contributed by atoms with E-state index in [1.807, 2.05) is 0 Å². The van der Waals surface area contributed by atoms with E-state index in [9.17, 15) is 5.11 Å². The van der Waals surface area contributed by atoms with Gasteiger partial charge in [-0.15, -0.1) is 0 Å². The molecule has 0 aromatic heterocycles. The Bertz CT molecular complexity index is 131. The van der Waals surface area contributed by atoms with Gasteiger partial charge in [-0.1, -0.05) is 0 Å². The molecular formula is C10H21N2O. The van der Waals surface area contributed by atoms with Crippen LogP contribution in [-0.2, 0) is 5.11 Å².